The number of aryl methyl sites for hydroxylation is 1. The van der Waals surface area contributed by atoms with E-state index in [9.17, 15) is 9.90 Å². The summed E-state index contributed by atoms with van der Waals surface area (Å²) in [5, 5.41) is 15.3. The Morgan fingerprint density at radius 2 is 1.79 bits per heavy atom. The number of amides is 1. The summed E-state index contributed by atoms with van der Waals surface area (Å²) in [5.74, 6) is -0.0633. The fraction of sp³-hybridized carbons (Fsp3) is 0.200. The lowest BCUT2D eigenvalue weighted by molar-refractivity contribution is -0.121. The molecule has 1 amide bonds. The van der Waals surface area contributed by atoms with E-state index in [4.69, 9.17) is 0 Å². The molecule has 0 fully saturated rings. The van der Waals surface area contributed by atoms with Gasteiger partial charge in [-0.25, -0.2) is 0 Å². The van der Waals surface area contributed by atoms with Crippen molar-refractivity contribution in [3.63, 3.8) is 0 Å². The van der Waals surface area contributed by atoms with Crippen LogP contribution in [0, 0.1) is 0 Å². The summed E-state index contributed by atoms with van der Waals surface area (Å²) >= 11 is 0. The smallest absolute Gasteiger partial charge is 0.220 e. The zero-order valence-corrected chi connectivity index (χ0v) is 13.4. The number of carbonyl (C=O) groups excluding carboxylic acids is 1. The maximum absolute atomic E-state index is 11.9. The molecule has 0 bridgehead atoms. The van der Waals surface area contributed by atoms with Gasteiger partial charge >= 0.3 is 0 Å². The van der Waals surface area contributed by atoms with Gasteiger partial charge in [0.1, 0.15) is 0 Å². The number of carbonyl (C=O) groups is 1. The van der Waals surface area contributed by atoms with Gasteiger partial charge in [-0.1, -0.05) is 36.4 Å². The highest BCUT2D eigenvalue weighted by atomic mass is 16.3. The lowest BCUT2D eigenvalue weighted by Crippen LogP contribution is -2.28. The maximum atomic E-state index is 11.9. The second-order valence-electron chi connectivity index (χ2n) is 5.78. The van der Waals surface area contributed by atoms with Crippen LogP contribution in [0.4, 0.5) is 0 Å². The summed E-state index contributed by atoms with van der Waals surface area (Å²) in [7, 11) is 0. The molecule has 24 heavy (non-hydrogen) atoms. The van der Waals surface area contributed by atoms with Crippen LogP contribution in [0.2, 0.25) is 0 Å². The molecule has 2 N–H and O–H groups in total. The van der Waals surface area contributed by atoms with Crippen LogP contribution in [0.5, 0.6) is 0 Å². The highest BCUT2D eigenvalue weighted by Gasteiger charge is 2.10. The molecule has 0 aliphatic rings. The normalized spacial score (nSPS) is 12.0. The molecule has 0 aliphatic carbocycles. The average Bonchev–Trinajstić information content (AvgIpc) is 2.65. The van der Waals surface area contributed by atoms with E-state index in [0.29, 0.717) is 12.8 Å². The van der Waals surface area contributed by atoms with E-state index < -0.39 is 6.10 Å². The van der Waals surface area contributed by atoms with Crippen molar-refractivity contribution < 1.29 is 9.90 Å². The fourth-order valence-corrected chi connectivity index (χ4v) is 2.64. The van der Waals surface area contributed by atoms with Crippen molar-refractivity contribution in [2.75, 3.05) is 6.54 Å². The fourth-order valence-electron chi connectivity index (χ4n) is 2.64. The first-order chi connectivity index (χ1) is 11.7. The van der Waals surface area contributed by atoms with Crippen LogP contribution in [-0.4, -0.2) is 22.5 Å². The first-order valence-corrected chi connectivity index (χ1v) is 8.05. The van der Waals surface area contributed by atoms with Crippen LogP contribution < -0.4 is 5.32 Å². The number of benzene rings is 2. The Kier molecular flexibility index (Phi) is 5.18. The molecule has 4 nitrogen and oxygen atoms in total. The largest absolute Gasteiger partial charge is 0.387 e. The van der Waals surface area contributed by atoms with Crippen molar-refractivity contribution in [2.24, 2.45) is 0 Å². The third-order valence-electron chi connectivity index (χ3n) is 4.04. The predicted molar refractivity (Wildman–Crippen MR) is 94.5 cm³/mol. The summed E-state index contributed by atoms with van der Waals surface area (Å²) in [6, 6.07) is 17.7. The van der Waals surface area contributed by atoms with Gasteiger partial charge in [0.2, 0.25) is 5.91 Å². The first kappa shape index (κ1) is 16.1. The molecule has 0 radical (unpaired) electrons. The van der Waals surface area contributed by atoms with Crippen molar-refractivity contribution in [2.45, 2.75) is 18.9 Å². The summed E-state index contributed by atoms with van der Waals surface area (Å²) in [4.78, 5) is 15.9. The van der Waals surface area contributed by atoms with Crippen LogP contribution in [0.15, 0.2) is 67.0 Å². The number of hydrogen-bond acceptors (Lipinski definition) is 3. The molecule has 0 saturated carbocycles. The number of aromatic nitrogens is 1. The van der Waals surface area contributed by atoms with Crippen molar-refractivity contribution in [3.05, 3.63) is 78.1 Å². The Morgan fingerprint density at radius 3 is 2.58 bits per heavy atom. The summed E-state index contributed by atoms with van der Waals surface area (Å²) in [6.45, 7) is 0.216. The second kappa shape index (κ2) is 7.70. The van der Waals surface area contributed by atoms with Gasteiger partial charge in [0.25, 0.3) is 0 Å². The summed E-state index contributed by atoms with van der Waals surface area (Å²) in [6.07, 6.45) is 3.79. The Labute approximate surface area is 141 Å². The number of nitrogens with one attached hydrogen (secondary N) is 1. The Bertz CT molecular complexity index is 818. The van der Waals surface area contributed by atoms with Gasteiger partial charge in [-0.15, -0.1) is 0 Å². The van der Waals surface area contributed by atoms with Crippen molar-refractivity contribution in [1.82, 2.24) is 10.3 Å². The van der Waals surface area contributed by atoms with Crippen LogP contribution in [0.1, 0.15) is 23.7 Å². The van der Waals surface area contributed by atoms with Crippen LogP contribution >= 0.6 is 0 Å². The number of aliphatic hydroxyl groups is 1. The molecule has 4 heteroatoms. The van der Waals surface area contributed by atoms with Gasteiger partial charge in [0.05, 0.1) is 6.10 Å². The average molecular weight is 320 g/mol. The monoisotopic (exact) mass is 320 g/mol. The van der Waals surface area contributed by atoms with Crippen LogP contribution in [0.25, 0.3) is 10.8 Å². The van der Waals surface area contributed by atoms with Gasteiger partial charge in [0.15, 0.2) is 0 Å². The minimum atomic E-state index is -0.709. The molecule has 0 aliphatic heterocycles. The zero-order valence-electron chi connectivity index (χ0n) is 13.4. The van der Waals surface area contributed by atoms with E-state index >= 15 is 0 Å². The van der Waals surface area contributed by atoms with Crippen molar-refractivity contribution >= 4 is 16.7 Å². The molecule has 1 atom stereocenters. The minimum absolute atomic E-state index is 0.0633. The van der Waals surface area contributed by atoms with E-state index in [1.165, 1.54) is 0 Å². The number of fused-ring (bicyclic) bond motifs is 1. The van der Waals surface area contributed by atoms with Crippen molar-refractivity contribution in [1.29, 1.82) is 0 Å². The zero-order chi connectivity index (χ0) is 16.8. The molecule has 2 aromatic carbocycles. The van der Waals surface area contributed by atoms with Gasteiger partial charge in [-0.05, 0) is 46.5 Å². The van der Waals surface area contributed by atoms with E-state index in [0.717, 1.165) is 21.9 Å². The topological polar surface area (TPSA) is 62.2 Å². The highest BCUT2D eigenvalue weighted by Crippen LogP contribution is 2.20. The molecule has 0 saturated heterocycles. The van der Waals surface area contributed by atoms with Gasteiger partial charge < -0.3 is 10.4 Å². The lowest BCUT2D eigenvalue weighted by atomic mass is 10.0. The summed E-state index contributed by atoms with van der Waals surface area (Å²) < 4.78 is 0. The van der Waals surface area contributed by atoms with E-state index in [1.54, 1.807) is 12.4 Å². The number of rotatable bonds is 6. The summed E-state index contributed by atoms with van der Waals surface area (Å²) in [5.41, 5.74) is 1.89. The quantitative estimate of drug-likeness (QED) is 0.734. The van der Waals surface area contributed by atoms with E-state index in [-0.39, 0.29) is 12.5 Å². The molecule has 122 valence electrons. The predicted octanol–water partition coefficient (Wildman–Crippen LogP) is 3.02. The molecule has 1 unspecified atom stereocenters. The molecule has 0 spiro atoms. The van der Waals surface area contributed by atoms with E-state index in [2.05, 4.69) is 10.3 Å². The van der Waals surface area contributed by atoms with E-state index in [1.807, 2.05) is 54.6 Å². The standard InChI is InChI=1S/C20H20N2O2/c23-19(18-7-6-16-3-1-2-4-17(16)13-18)14-22-20(24)8-5-15-9-11-21-12-10-15/h1-4,6-7,9-13,19,23H,5,8,14H2,(H,22,24). The third kappa shape index (κ3) is 4.18. The number of aliphatic hydroxyl groups excluding tert-OH is 1. The van der Waals surface area contributed by atoms with Crippen molar-refractivity contribution in [3.8, 4) is 0 Å². The van der Waals surface area contributed by atoms with Crippen LogP contribution in [0.3, 0.4) is 0 Å². The Hall–Kier alpha value is -2.72. The van der Waals surface area contributed by atoms with Gasteiger partial charge in [0, 0.05) is 25.4 Å². The number of pyridine rings is 1. The highest BCUT2D eigenvalue weighted by molar-refractivity contribution is 5.83. The maximum Gasteiger partial charge on any atom is 0.220 e. The SMILES string of the molecule is O=C(CCc1ccncc1)NCC(O)c1ccc2ccccc2c1. The first-order valence-electron chi connectivity index (χ1n) is 8.05. The molecule has 3 aromatic rings. The minimum Gasteiger partial charge on any atom is -0.387 e. The Morgan fingerprint density at radius 1 is 1.04 bits per heavy atom. The molecular formula is C20H20N2O2. The lowest BCUT2D eigenvalue weighted by Gasteiger charge is -2.13. The molecule has 1 heterocycles. The van der Waals surface area contributed by atoms with Crippen LogP contribution in [-0.2, 0) is 11.2 Å². The number of hydrogen-bond donors (Lipinski definition) is 2. The molecule has 1 aromatic heterocycles. The molecule has 3 rings (SSSR count). The second-order valence-corrected chi connectivity index (χ2v) is 5.78. The van der Waals surface area contributed by atoms with Gasteiger partial charge in [-0.2, -0.15) is 0 Å². The molecular weight excluding hydrogens is 300 g/mol. The third-order valence-corrected chi connectivity index (χ3v) is 4.04. The van der Waals surface area contributed by atoms with Gasteiger partial charge in [-0.3, -0.25) is 9.78 Å². The number of nitrogens with zero attached hydrogens (tertiary/aromatic N) is 1. The Balaban J connectivity index is 1.52.